The average Bonchev–Trinajstić information content (AvgIpc) is 2.62. The van der Waals surface area contributed by atoms with E-state index in [1.54, 1.807) is 6.07 Å². The maximum atomic E-state index is 13.0. The molecule has 0 aromatic heterocycles. The van der Waals surface area contributed by atoms with Crippen molar-refractivity contribution in [1.82, 2.24) is 0 Å². The maximum Gasteiger partial charge on any atom is 0.416 e. The third-order valence-electron chi connectivity index (χ3n) is 3.95. The molecule has 1 aliphatic heterocycles. The number of aliphatic hydroxyl groups excluding tert-OH is 1. The summed E-state index contributed by atoms with van der Waals surface area (Å²) in [6, 6.07) is 4.49. The zero-order chi connectivity index (χ0) is 14.8. The van der Waals surface area contributed by atoms with Crippen LogP contribution in [0.5, 0.6) is 0 Å². The predicted octanol–water partition coefficient (Wildman–Crippen LogP) is 3.97. The van der Waals surface area contributed by atoms with E-state index in [0.29, 0.717) is 5.69 Å². The number of aliphatic hydroxyl groups is 1. The van der Waals surface area contributed by atoms with Crippen LogP contribution in [0.15, 0.2) is 18.2 Å². The monoisotopic (exact) mass is 287 g/mol. The van der Waals surface area contributed by atoms with Gasteiger partial charge in [0, 0.05) is 18.3 Å². The molecular weight excluding hydrogens is 267 g/mol. The molecule has 0 bridgehead atoms. The first-order valence-electron chi connectivity index (χ1n) is 7.01. The number of hydrogen-bond donors (Lipinski definition) is 1. The zero-order valence-corrected chi connectivity index (χ0v) is 11.6. The predicted molar refractivity (Wildman–Crippen MR) is 72.6 cm³/mol. The van der Waals surface area contributed by atoms with Crippen LogP contribution in [-0.2, 0) is 12.8 Å². The highest BCUT2D eigenvalue weighted by Gasteiger charge is 2.34. The summed E-state index contributed by atoms with van der Waals surface area (Å²) in [6.45, 7) is 2.25. The van der Waals surface area contributed by atoms with Crippen molar-refractivity contribution in [2.24, 2.45) is 0 Å². The number of anilines is 1. The van der Waals surface area contributed by atoms with Gasteiger partial charge in [-0.3, -0.25) is 0 Å². The van der Waals surface area contributed by atoms with Crippen LogP contribution in [0.3, 0.4) is 0 Å². The Labute approximate surface area is 117 Å². The van der Waals surface area contributed by atoms with Gasteiger partial charge < -0.3 is 10.0 Å². The summed E-state index contributed by atoms with van der Waals surface area (Å²) >= 11 is 0. The molecule has 1 aliphatic rings. The van der Waals surface area contributed by atoms with E-state index in [1.807, 2.05) is 4.90 Å². The van der Waals surface area contributed by atoms with E-state index >= 15 is 0 Å². The van der Waals surface area contributed by atoms with E-state index in [1.165, 1.54) is 12.1 Å². The second-order valence-corrected chi connectivity index (χ2v) is 5.39. The lowest BCUT2D eigenvalue weighted by atomic mass is 10.0. The highest BCUT2D eigenvalue weighted by molar-refractivity contribution is 5.52. The van der Waals surface area contributed by atoms with Gasteiger partial charge in [-0.15, -0.1) is 0 Å². The number of nitrogens with zero attached hydrogens (tertiary/aromatic N) is 1. The van der Waals surface area contributed by atoms with Crippen LogP contribution in [0.1, 0.15) is 43.7 Å². The molecule has 1 heterocycles. The fraction of sp³-hybridized carbons (Fsp3) is 0.600. The molecule has 1 saturated heterocycles. The topological polar surface area (TPSA) is 23.5 Å². The van der Waals surface area contributed by atoms with Crippen molar-refractivity contribution in [2.75, 3.05) is 11.4 Å². The van der Waals surface area contributed by atoms with Crippen LogP contribution in [-0.4, -0.2) is 17.7 Å². The second kappa shape index (κ2) is 6.04. The van der Waals surface area contributed by atoms with Gasteiger partial charge in [-0.2, -0.15) is 13.2 Å². The molecule has 1 unspecified atom stereocenters. The molecule has 0 aliphatic carbocycles. The van der Waals surface area contributed by atoms with E-state index in [9.17, 15) is 13.2 Å². The number of benzene rings is 1. The van der Waals surface area contributed by atoms with Gasteiger partial charge in [-0.05, 0) is 37.5 Å². The second-order valence-electron chi connectivity index (χ2n) is 5.39. The molecule has 1 aromatic rings. The Morgan fingerprint density at radius 2 is 2.00 bits per heavy atom. The van der Waals surface area contributed by atoms with Crippen molar-refractivity contribution < 1.29 is 18.3 Å². The molecule has 2 nitrogen and oxygen atoms in total. The third kappa shape index (κ3) is 3.26. The van der Waals surface area contributed by atoms with E-state index in [2.05, 4.69) is 6.92 Å². The lowest BCUT2D eigenvalue weighted by molar-refractivity contribution is -0.138. The fourth-order valence-corrected chi connectivity index (χ4v) is 2.80. The summed E-state index contributed by atoms with van der Waals surface area (Å²) in [7, 11) is 0. The largest absolute Gasteiger partial charge is 0.416 e. The van der Waals surface area contributed by atoms with Crippen LogP contribution < -0.4 is 4.90 Å². The SMILES string of the molecule is CC1CCCCCN1c1ccc(CO)c(C(F)(F)F)c1. The van der Waals surface area contributed by atoms with Gasteiger partial charge >= 0.3 is 6.18 Å². The lowest BCUT2D eigenvalue weighted by Crippen LogP contribution is -2.32. The van der Waals surface area contributed by atoms with Gasteiger partial charge in [0.25, 0.3) is 0 Å². The van der Waals surface area contributed by atoms with Gasteiger partial charge in [-0.1, -0.05) is 18.9 Å². The first-order chi connectivity index (χ1) is 9.43. The van der Waals surface area contributed by atoms with Crippen molar-refractivity contribution in [1.29, 1.82) is 0 Å². The minimum atomic E-state index is -4.43. The Morgan fingerprint density at radius 3 is 2.65 bits per heavy atom. The van der Waals surface area contributed by atoms with E-state index in [4.69, 9.17) is 5.11 Å². The van der Waals surface area contributed by atoms with Gasteiger partial charge in [0.2, 0.25) is 0 Å². The maximum absolute atomic E-state index is 13.0. The van der Waals surface area contributed by atoms with E-state index < -0.39 is 18.3 Å². The lowest BCUT2D eigenvalue weighted by Gasteiger charge is -2.30. The number of rotatable bonds is 2. The first kappa shape index (κ1) is 15.2. The standard InChI is InChI=1S/C15H20F3NO/c1-11-5-3-2-4-8-19(11)13-7-6-12(10-20)14(9-13)15(16,17)18/h6-7,9,11,20H,2-5,8,10H2,1H3. The smallest absolute Gasteiger partial charge is 0.392 e. The fourth-order valence-electron chi connectivity index (χ4n) is 2.80. The number of halogens is 3. The Kier molecular flexibility index (Phi) is 4.58. The molecule has 1 atom stereocenters. The quantitative estimate of drug-likeness (QED) is 0.889. The Morgan fingerprint density at radius 1 is 1.25 bits per heavy atom. The normalized spacial score (nSPS) is 20.9. The van der Waals surface area contributed by atoms with Crippen molar-refractivity contribution in [3.8, 4) is 0 Å². The minimum absolute atomic E-state index is 0.0660. The molecule has 0 amide bonds. The summed E-state index contributed by atoms with van der Waals surface area (Å²) in [5.74, 6) is 0. The van der Waals surface area contributed by atoms with Gasteiger partial charge in [-0.25, -0.2) is 0 Å². The summed E-state index contributed by atoms with van der Waals surface area (Å²) in [5.41, 5.74) is -0.193. The van der Waals surface area contributed by atoms with Crippen LogP contribution >= 0.6 is 0 Å². The van der Waals surface area contributed by atoms with Crippen LogP contribution in [0.4, 0.5) is 18.9 Å². The first-order valence-corrected chi connectivity index (χ1v) is 7.01. The zero-order valence-electron chi connectivity index (χ0n) is 11.6. The van der Waals surface area contributed by atoms with Crippen molar-refractivity contribution in [3.05, 3.63) is 29.3 Å². The van der Waals surface area contributed by atoms with Crippen molar-refractivity contribution in [3.63, 3.8) is 0 Å². The number of alkyl halides is 3. The highest BCUT2D eigenvalue weighted by atomic mass is 19.4. The molecule has 1 aromatic carbocycles. The Bertz CT molecular complexity index is 459. The summed E-state index contributed by atoms with van der Waals surface area (Å²) in [5, 5.41) is 9.07. The molecule has 1 N–H and O–H groups in total. The van der Waals surface area contributed by atoms with Gasteiger partial charge in [0.1, 0.15) is 0 Å². The molecular formula is C15H20F3NO. The molecule has 0 spiro atoms. The van der Waals surface area contributed by atoms with Gasteiger partial charge in [0.15, 0.2) is 0 Å². The third-order valence-corrected chi connectivity index (χ3v) is 3.95. The van der Waals surface area contributed by atoms with Crippen LogP contribution in [0.2, 0.25) is 0 Å². The minimum Gasteiger partial charge on any atom is -0.392 e. The molecule has 0 radical (unpaired) electrons. The van der Waals surface area contributed by atoms with Crippen molar-refractivity contribution >= 4 is 5.69 Å². The average molecular weight is 287 g/mol. The van der Waals surface area contributed by atoms with Gasteiger partial charge in [0.05, 0.1) is 12.2 Å². The number of hydrogen-bond acceptors (Lipinski definition) is 2. The van der Waals surface area contributed by atoms with Crippen molar-refractivity contribution in [2.45, 2.75) is 51.4 Å². The molecule has 5 heteroatoms. The Balaban J connectivity index is 2.37. The van der Waals surface area contributed by atoms with E-state index in [-0.39, 0.29) is 11.6 Å². The Hall–Kier alpha value is -1.23. The molecule has 1 fully saturated rings. The van der Waals surface area contributed by atoms with Crippen LogP contribution in [0.25, 0.3) is 0 Å². The molecule has 2 rings (SSSR count). The summed E-state index contributed by atoms with van der Waals surface area (Å²) in [6.07, 6.45) is -0.167. The highest BCUT2D eigenvalue weighted by Crippen LogP contribution is 2.35. The summed E-state index contributed by atoms with van der Waals surface area (Å²) in [4.78, 5) is 2.05. The molecule has 112 valence electrons. The molecule has 20 heavy (non-hydrogen) atoms. The van der Waals surface area contributed by atoms with E-state index in [0.717, 1.165) is 32.2 Å². The molecule has 0 saturated carbocycles. The summed E-state index contributed by atoms with van der Waals surface area (Å²) < 4.78 is 39.1. The van der Waals surface area contributed by atoms with Crippen LogP contribution in [0, 0.1) is 0 Å².